The first kappa shape index (κ1) is 22.3. The third-order valence-electron chi connectivity index (χ3n) is 6.55. The van der Waals surface area contributed by atoms with Gasteiger partial charge in [0.15, 0.2) is 5.16 Å². The highest BCUT2D eigenvalue weighted by atomic mass is 32.2. The minimum atomic E-state index is -0.385. The number of thioether (sulfide) groups is 1. The zero-order valence-corrected chi connectivity index (χ0v) is 20.8. The van der Waals surface area contributed by atoms with Crippen LogP contribution in [0.25, 0.3) is 33.3 Å². The summed E-state index contributed by atoms with van der Waals surface area (Å²) < 4.78 is 8.96. The molecule has 6 rings (SSSR count). The van der Waals surface area contributed by atoms with Crippen molar-refractivity contribution >= 4 is 39.4 Å². The van der Waals surface area contributed by atoms with Crippen molar-refractivity contribution in [2.24, 2.45) is 0 Å². The van der Waals surface area contributed by atoms with Gasteiger partial charge in [0.1, 0.15) is 5.58 Å². The summed E-state index contributed by atoms with van der Waals surface area (Å²) in [5.74, 6) is 0.936. The largest absolute Gasteiger partial charge is 0.423 e. The summed E-state index contributed by atoms with van der Waals surface area (Å²) in [7, 11) is 0. The van der Waals surface area contributed by atoms with Crippen molar-refractivity contribution in [1.82, 2.24) is 19.2 Å². The lowest BCUT2D eigenvalue weighted by Gasteiger charge is -2.14. The molecule has 0 saturated carbocycles. The molecule has 0 saturated heterocycles. The number of benzene rings is 3. The van der Waals surface area contributed by atoms with Crippen molar-refractivity contribution in [1.29, 1.82) is 0 Å². The fourth-order valence-corrected chi connectivity index (χ4v) is 5.50. The minimum absolute atomic E-state index is 0.141. The lowest BCUT2D eigenvalue weighted by Crippen LogP contribution is -2.22. The number of nitrogens with zero attached hydrogens (tertiary/aromatic N) is 4. The summed E-state index contributed by atoms with van der Waals surface area (Å²) in [6, 6.07) is 20.7. The Morgan fingerprint density at radius 2 is 1.72 bits per heavy atom. The fraction of sp³-hybridized carbons (Fsp3) is 0.143. The lowest BCUT2D eigenvalue weighted by molar-refractivity contribution is 0.559. The van der Waals surface area contributed by atoms with Crippen LogP contribution in [0.2, 0.25) is 0 Å². The Labute approximate surface area is 210 Å². The van der Waals surface area contributed by atoms with E-state index in [9.17, 15) is 9.59 Å². The topological polar surface area (TPSA) is 82.4 Å². The van der Waals surface area contributed by atoms with E-state index in [0.717, 1.165) is 38.8 Å². The molecule has 178 valence electrons. The number of aryl methyl sites for hydroxylation is 2. The Balaban J connectivity index is 1.55. The number of aromatic nitrogens is 4. The van der Waals surface area contributed by atoms with Crippen molar-refractivity contribution in [3.63, 3.8) is 0 Å². The highest BCUT2D eigenvalue weighted by Crippen LogP contribution is 2.29. The predicted molar refractivity (Wildman–Crippen MR) is 142 cm³/mol. The summed E-state index contributed by atoms with van der Waals surface area (Å²) in [6.45, 7) is 5.99. The average Bonchev–Trinajstić information content (AvgIpc) is 3.28. The van der Waals surface area contributed by atoms with E-state index >= 15 is 0 Å². The molecule has 0 amide bonds. The van der Waals surface area contributed by atoms with E-state index in [-0.39, 0.29) is 11.2 Å². The molecule has 0 atom stereocenters. The Bertz CT molecular complexity index is 1930. The molecule has 0 spiro atoms. The van der Waals surface area contributed by atoms with Crippen LogP contribution in [0.5, 0.6) is 0 Å². The van der Waals surface area contributed by atoms with Crippen molar-refractivity contribution in [2.45, 2.75) is 31.7 Å². The first-order valence-corrected chi connectivity index (χ1v) is 12.5. The number of hydrogen-bond donors (Lipinski definition) is 0. The zero-order valence-electron chi connectivity index (χ0n) is 20.0. The lowest BCUT2D eigenvalue weighted by atomic mass is 10.1. The molecule has 0 radical (unpaired) electrons. The number of rotatable bonds is 4. The second-order valence-electron chi connectivity index (χ2n) is 8.87. The molecular formula is C28H22N4O3S. The van der Waals surface area contributed by atoms with Gasteiger partial charge in [0.25, 0.3) is 5.56 Å². The molecule has 0 aliphatic carbocycles. The molecule has 0 fully saturated rings. The van der Waals surface area contributed by atoms with E-state index in [1.807, 2.05) is 85.8 Å². The third kappa shape index (κ3) is 3.53. The minimum Gasteiger partial charge on any atom is -0.423 e. The van der Waals surface area contributed by atoms with Crippen LogP contribution in [0.3, 0.4) is 0 Å². The van der Waals surface area contributed by atoms with Crippen molar-refractivity contribution in [2.75, 3.05) is 0 Å². The Kier molecular flexibility index (Phi) is 5.26. The van der Waals surface area contributed by atoms with Crippen LogP contribution in [0.4, 0.5) is 0 Å². The van der Waals surface area contributed by atoms with E-state index in [1.165, 1.54) is 17.8 Å². The summed E-state index contributed by atoms with van der Waals surface area (Å²) in [5, 5.41) is 11.0. The van der Waals surface area contributed by atoms with E-state index < -0.39 is 0 Å². The smallest absolute Gasteiger partial charge is 0.336 e. The summed E-state index contributed by atoms with van der Waals surface area (Å²) in [4.78, 5) is 25.9. The van der Waals surface area contributed by atoms with Gasteiger partial charge in [-0.25, -0.2) is 9.36 Å². The van der Waals surface area contributed by atoms with E-state index in [4.69, 9.17) is 4.42 Å². The normalized spacial score (nSPS) is 11.6. The van der Waals surface area contributed by atoms with Gasteiger partial charge in [0.2, 0.25) is 5.78 Å². The van der Waals surface area contributed by atoms with Crippen molar-refractivity contribution in [3.05, 3.63) is 110 Å². The first-order chi connectivity index (χ1) is 17.4. The molecule has 6 aromatic rings. The average molecular weight is 495 g/mol. The van der Waals surface area contributed by atoms with Gasteiger partial charge in [-0.3, -0.25) is 9.20 Å². The molecule has 3 heterocycles. The monoisotopic (exact) mass is 494 g/mol. The summed E-state index contributed by atoms with van der Waals surface area (Å²) in [5.41, 5.74) is 5.53. The Morgan fingerprint density at radius 1 is 0.889 bits per heavy atom. The van der Waals surface area contributed by atoms with Gasteiger partial charge in [-0.2, -0.15) is 0 Å². The molecule has 3 aromatic carbocycles. The van der Waals surface area contributed by atoms with E-state index in [2.05, 4.69) is 10.2 Å². The molecule has 0 N–H and O–H groups in total. The van der Waals surface area contributed by atoms with Crippen LogP contribution >= 0.6 is 11.8 Å². The number of fused-ring (bicyclic) bond motifs is 4. The Morgan fingerprint density at radius 3 is 2.58 bits per heavy atom. The van der Waals surface area contributed by atoms with Crippen LogP contribution in [0.1, 0.15) is 22.3 Å². The molecule has 3 aromatic heterocycles. The van der Waals surface area contributed by atoms with Gasteiger partial charge in [-0.15, -0.1) is 10.2 Å². The zero-order chi connectivity index (χ0) is 25.0. The van der Waals surface area contributed by atoms with Gasteiger partial charge in [0.05, 0.1) is 16.6 Å². The Hall–Kier alpha value is -4.17. The van der Waals surface area contributed by atoms with Crippen molar-refractivity contribution in [3.8, 4) is 5.69 Å². The predicted octanol–water partition coefficient (Wildman–Crippen LogP) is 5.36. The second kappa shape index (κ2) is 8.49. The summed E-state index contributed by atoms with van der Waals surface area (Å²) in [6.07, 6.45) is 0. The highest BCUT2D eigenvalue weighted by molar-refractivity contribution is 7.98. The van der Waals surface area contributed by atoms with Crippen LogP contribution in [0, 0.1) is 20.8 Å². The molecule has 0 bridgehead atoms. The molecule has 36 heavy (non-hydrogen) atoms. The van der Waals surface area contributed by atoms with Gasteiger partial charge in [-0.05, 0) is 67.3 Å². The molecule has 7 nitrogen and oxygen atoms in total. The van der Waals surface area contributed by atoms with Gasteiger partial charge >= 0.3 is 5.63 Å². The van der Waals surface area contributed by atoms with Gasteiger partial charge < -0.3 is 4.42 Å². The van der Waals surface area contributed by atoms with Gasteiger partial charge in [-0.1, -0.05) is 48.2 Å². The maximum absolute atomic E-state index is 13.6. The number of para-hydroxylation sites is 1. The molecule has 0 unspecified atom stereocenters. The van der Waals surface area contributed by atoms with Crippen LogP contribution in [0.15, 0.2) is 85.9 Å². The molecule has 0 aliphatic rings. The van der Waals surface area contributed by atoms with Crippen LogP contribution in [-0.4, -0.2) is 19.2 Å². The maximum Gasteiger partial charge on any atom is 0.336 e. The quantitative estimate of drug-likeness (QED) is 0.242. The fourth-order valence-electron chi connectivity index (χ4n) is 4.57. The SMILES string of the molecule is Cc1ccc2c(CSc3nnc4n(-c5cccc(C)c5C)c(=O)c5ccccc5n34)cc(=O)oc2c1. The van der Waals surface area contributed by atoms with Crippen molar-refractivity contribution < 1.29 is 4.42 Å². The highest BCUT2D eigenvalue weighted by Gasteiger charge is 2.19. The van der Waals surface area contributed by atoms with Gasteiger partial charge in [0, 0.05) is 17.2 Å². The first-order valence-electron chi connectivity index (χ1n) is 11.5. The third-order valence-corrected chi connectivity index (χ3v) is 7.53. The van der Waals surface area contributed by atoms with Crippen LogP contribution < -0.4 is 11.2 Å². The number of hydrogen-bond acceptors (Lipinski definition) is 6. The molecule has 0 aliphatic heterocycles. The standard InChI is InChI=1S/C28H22N4O3S/c1-16-11-12-20-19(14-25(33)35-24(20)13-16)15-36-28-30-29-27-31(22-10-6-7-17(2)18(22)3)26(34)21-8-4-5-9-23(21)32(27)28/h4-14H,15H2,1-3H3. The second-order valence-corrected chi connectivity index (χ2v) is 9.82. The maximum atomic E-state index is 13.6. The van der Waals surface area contributed by atoms with Crippen LogP contribution in [-0.2, 0) is 5.75 Å². The van der Waals surface area contributed by atoms with E-state index in [1.54, 1.807) is 4.57 Å². The summed E-state index contributed by atoms with van der Waals surface area (Å²) >= 11 is 1.46. The molecule has 8 heteroatoms. The van der Waals surface area contributed by atoms with E-state index in [0.29, 0.717) is 27.7 Å². The molecular weight excluding hydrogens is 472 g/mol.